The van der Waals surface area contributed by atoms with E-state index in [2.05, 4.69) is 31.3 Å². The van der Waals surface area contributed by atoms with Crippen molar-refractivity contribution in [3.63, 3.8) is 0 Å². The molecule has 5 atom stereocenters. The molecule has 76 heavy (non-hydrogen) atoms. The molecule has 0 bridgehead atoms. The number of likely N-dealkylation sites (N-methyl/N-ethyl adjacent to an activating group) is 2. The van der Waals surface area contributed by atoms with Crippen LogP contribution < -0.4 is 37.0 Å². The molecule has 424 valence electrons. The molecular weight excluding hydrogens is 999 g/mol. The van der Waals surface area contributed by atoms with Gasteiger partial charge in [0.15, 0.2) is 0 Å². The Morgan fingerprint density at radius 3 is 1.76 bits per heavy atom. The molecule has 0 heterocycles. The average Bonchev–Trinajstić information content (AvgIpc) is 3.27. The van der Waals surface area contributed by atoms with Crippen molar-refractivity contribution >= 4 is 63.5 Å². The summed E-state index contributed by atoms with van der Waals surface area (Å²) < 4.78 is 41.2. The van der Waals surface area contributed by atoms with E-state index in [1.165, 1.54) is 55.1 Å². The molecule has 0 aliphatic rings. The Morgan fingerprint density at radius 2 is 1.25 bits per heavy atom. The van der Waals surface area contributed by atoms with Gasteiger partial charge in [0.25, 0.3) is 15.9 Å². The number of para-hydroxylation sites is 1. The van der Waals surface area contributed by atoms with Gasteiger partial charge in [-0.1, -0.05) is 111 Å². The smallest absolute Gasteiger partial charge is 0.410 e. The quantitative estimate of drug-likeness (QED) is 0.0521. The van der Waals surface area contributed by atoms with Crippen molar-refractivity contribution in [2.75, 3.05) is 26.0 Å². The number of ether oxygens (including phenoxy) is 2. The summed E-state index contributed by atoms with van der Waals surface area (Å²) >= 11 is 0. The molecule has 5 unspecified atom stereocenters. The van der Waals surface area contributed by atoms with E-state index in [0.29, 0.717) is 0 Å². The van der Waals surface area contributed by atoms with Crippen molar-refractivity contribution in [2.24, 2.45) is 23.0 Å². The van der Waals surface area contributed by atoms with Crippen LogP contribution in [0.5, 0.6) is 0 Å². The zero-order valence-electron chi connectivity index (χ0n) is 47.7. The average molecular weight is 1080 g/mol. The normalized spacial score (nSPS) is 14.4. The minimum absolute atomic E-state index is 0.0290. The number of sulfonamides is 1. The first-order valence-corrected chi connectivity index (χ1v) is 26.8. The van der Waals surface area contributed by atoms with Crippen molar-refractivity contribution < 1.29 is 56.2 Å². The van der Waals surface area contributed by atoms with E-state index in [1.54, 1.807) is 90.0 Å². The summed E-state index contributed by atoms with van der Waals surface area (Å²) in [6.45, 7) is 27.4. The Morgan fingerprint density at radius 1 is 0.697 bits per heavy atom. The molecule has 2 rings (SSSR count). The van der Waals surface area contributed by atoms with Crippen LogP contribution in [0.3, 0.4) is 0 Å². The van der Waals surface area contributed by atoms with Crippen molar-refractivity contribution in [3.8, 4) is 0 Å². The van der Waals surface area contributed by atoms with Crippen LogP contribution in [0.25, 0.3) is 0 Å². The summed E-state index contributed by atoms with van der Waals surface area (Å²) in [7, 11) is -1.76. The van der Waals surface area contributed by atoms with Gasteiger partial charge in [-0.05, 0) is 96.3 Å². The maximum atomic E-state index is 14.7. The highest BCUT2D eigenvalue weighted by molar-refractivity contribution is 7.90. The fourth-order valence-electron chi connectivity index (χ4n) is 8.06. The number of anilines is 1. The minimum Gasteiger partial charge on any atom is -0.444 e. The van der Waals surface area contributed by atoms with E-state index >= 15 is 0 Å². The first kappa shape index (κ1) is 65.4. The lowest BCUT2D eigenvalue weighted by Gasteiger charge is -2.42. The molecular formula is C54H85N9O12S. The molecule has 22 heteroatoms. The minimum atomic E-state index is -4.75. The van der Waals surface area contributed by atoms with Crippen LogP contribution >= 0.6 is 0 Å². The Hall–Kier alpha value is -6.71. The molecule has 0 fully saturated rings. The second-order valence-electron chi connectivity index (χ2n) is 23.2. The van der Waals surface area contributed by atoms with Crippen molar-refractivity contribution in [2.45, 2.75) is 175 Å². The summed E-state index contributed by atoms with van der Waals surface area (Å²) in [6, 6.07) is 7.98. The van der Waals surface area contributed by atoms with Crippen LogP contribution in [-0.2, 0) is 48.9 Å². The number of hydrogen-bond donors (Lipinski definition) is 7. The molecule has 8 N–H and O–H groups in total. The number of nitrogens with one attached hydrogen (secondary N) is 6. The first-order chi connectivity index (χ1) is 34.7. The monoisotopic (exact) mass is 1080 g/mol. The molecule has 0 aliphatic heterocycles. The zero-order chi connectivity index (χ0) is 58.5. The molecule has 0 saturated carbocycles. The second-order valence-corrected chi connectivity index (χ2v) is 24.9. The third-order valence-corrected chi connectivity index (χ3v) is 13.4. The number of nitrogens with two attached hydrogens (primary N) is 1. The van der Waals surface area contributed by atoms with E-state index in [1.807, 2.05) is 44.2 Å². The molecule has 9 amide bonds. The van der Waals surface area contributed by atoms with E-state index in [9.17, 15) is 46.8 Å². The number of nitrogens with zero attached hydrogens (tertiary/aromatic N) is 2. The molecule has 0 aromatic heterocycles. The van der Waals surface area contributed by atoms with Gasteiger partial charge in [-0.25, -0.2) is 27.5 Å². The number of benzene rings is 2. The number of hydrogen-bond acceptors (Lipinski definition) is 12. The SMILES string of the molecule is CC(=CC(C(C)C)N(C)C(=O)C(NC(=O)C(N(C)C(=O)OC(C)(C)C)C(C)(C)c1ccccc1)C(C)(C)C)C(=O)NS(=O)(=O)c1ccccc1NC(=O)C(CCCNC(N)=O)NC(=O)C(NC(=O)OC(C)(C)C)C(C)C. The van der Waals surface area contributed by atoms with E-state index in [-0.39, 0.29) is 36.6 Å². The van der Waals surface area contributed by atoms with E-state index in [0.717, 1.165) is 11.6 Å². The van der Waals surface area contributed by atoms with Crippen LogP contribution in [0.1, 0.15) is 129 Å². The Bertz CT molecular complexity index is 2530. The van der Waals surface area contributed by atoms with Crippen LogP contribution in [0.2, 0.25) is 0 Å². The standard InChI is InChI=1S/C54H85N9O12S/c1-32(2)38(62(17)47(68)41(51(6,7)8)60-46(67)42(63(18)50(71)75-53(12,13)14)54(15,16)35-25-20-19-21-26-35)31-34(5)43(64)61-76(72,73)39-29-23-22-27-36(39)57-44(65)37(28-24-30-56-48(55)69)58-45(66)40(33(3)4)59-49(70)74-52(9,10)11/h19-23,25-27,29,31-33,37-38,40-42H,24,28,30H2,1-18H3,(H,57,65)(H,58,66)(H,59,70)(H,60,67)(H,61,64)(H3,55,56,69). The summed E-state index contributed by atoms with van der Waals surface area (Å²) in [6.07, 6.45) is -0.0945. The summed E-state index contributed by atoms with van der Waals surface area (Å²) in [5, 5.41) is 13.1. The molecule has 0 radical (unpaired) electrons. The van der Waals surface area contributed by atoms with Gasteiger partial charge in [0.1, 0.15) is 40.3 Å². The molecule has 2 aromatic rings. The Labute approximate surface area is 450 Å². The fourth-order valence-corrected chi connectivity index (χ4v) is 9.24. The topological polar surface area (TPSA) is 294 Å². The summed E-state index contributed by atoms with van der Waals surface area (Å²) in [5.74, 6) is -4.63. The predicted octanol–water partition coefficient (Wildman–Crippen LogP) is 6.09. The summed E-state index contributed by atoms with van der Waals surface area (Å²) in [4.78, 5) is 111. The van der Waals surface area contributed by atoms with Gasteiger partial charge in [0.2, 0.25) is 23.6 Å². The highest BCUT2D eigenvalue weighted by atomic mass is 32.2. The highest BCUT2D eigenvalue weighted by Crippen LogP contribution is 2.33. The highest BCUT2D eigenvalue weighted by Gasteiger charge is 2.46. The lowest BCUT2D eigenvalue weighted by Crippen LogP contribution is -2.63. The molecule has 21 nitrogen and oxygen atoms in total. The molecule has 0 saturated heterocycles. The van der Waals surface area contributed by atoms with Crippen molar-refractivity contribution in [1.82, 2.24) is 35.8 Å². The number of amides is 9. The fraction of sp³-hybridized carbons (Fsp3) is 0.593. The molecule has 0 aliphatic carbocycles. The van der Waals surface area contributed by atoms with Gasteiger partial charge in [0, 0.05) is 31.6 Å². The van der Waals surface area contributed by atoms with Crippen molar-refractivity contribution in [3.05, 3.63) is 71.8 Å². The number of urea groups is 1. The number of carbonyl (C=O) groups excluding carboxylic acids is 8. The number of carbonyl (C=O) groups is 8. The molecule has 0 spiro atoms. The van der Waals surface area contributed by atoms with Crippen LogP contribution in [0, 0.1) is 17.3 Å². The predicted molar refractivity (Wildman–Crippen MR) is 291 cm³/mol. The maximum absolute atomic E-state index is 14.7. The number of primary amides is 1. The number of rotatable bonds is 22. The van der Waals surface area contributed by atoms with Gasteiger partial charge >= 0.3 is 18.2 Å². The van der Waals surface area contributed by atoms with Crippen LogP contribution in [-0.4, -0.2) is 128 Å². The van der Waals surface area contributed by atoms with Crippen molar-refractivity contribution in [1.29, 1.82) is 0 Å². The van der Waals surface area contributed by atoms with Gasteiger partial charge < -0.3 is 46.7 Å². The first-order valence-electron chi connectivity index (χ1n) is 25.3. The van der Waals surface area contributed by atoms with Gasteiger partial charge in [-0.2, -0.15) is 0 Å². The van der Waals surface area contributed by atoms with E-state index < -0.39 is 121 Å². The Kier molecular flexibility index (Phi) is 23.1. The van der Waals surface area contributed by atoms with Gasteiger partial charge in [0.05, 0.1) is 11.7 Å². The summed E-state index contributed by atoms with van der Waals surface area (Å²) in [5.41, 5.74) is 1.98. The van der Waals surface area contributed by atoms with Crippen LogP contribution in [0.4, 0.5) is 20.1 Å². The third-order valence-electron chi connectivity index (χ3n) is 12.1. The van der Waals surface area contributed by atoms with E-state index in [4.69, 9.17) is 15.2 Å². The maximum Gasteiger partial charge on any atom is 0.410 e. The second kappa shape index (κ2) is 26.9. The van der Waals surface area contributed by atoms with Gasteiger partial charge in [-0.15, -0.1) is 0 Å². The molecule has 2 aromatic carbocycles. The lowest BCUT2D eigenvalue weighted by molar-refractivity contribution is -0.141. The lowest BCUT2D eigenvalue weighted by atomic mass is 9.76. The largest absolute Gasteiger partial charge is 0.444 e. The van der Waals surface area contributed by atoms with Gasteiger partial charge in [-0.3, -0.25) is 28.9 Å². The Balaban J connectivity index is 2.49. The zero-order valence-corrected chi connectivity index (χ0v) is 48.5. The third kappa shape index (κ3) is 19.8. The van der Waals surface area contributed by atoms with Crippen LogP contribution in [0.15, 0.2) is 71.1 Å². The number of alkyl carbamates (subject to hydrolysis) is 1.